The highest BCUT2D eigenvalue weighted by molar-refractivity contribution is 5.94. The number of cyclic esters (lactones) is 1. The summed E-state index contributed by atoms with van der Waals surface area (Å²) in [5.74, 6) is -1.15. The highest BCUT2D eigenvalue weighted by Crippen LogP contribution is 2.37. The molecule has 0 spiro atoms. The summed E-state index contributed by atoms with van der Waals surface area (Å²) in [4.78, 5) is 38.7. The van der Waals surface area contributed by atoms with Crippen molar-refractivity contribution in [3.63, 3.8) is 0 Å². The van der Waals surface area contributed by atoms with Crippen molar-refractivity contribution in [2.45, 2.75) is 6.10 Å². The first-order valence-corrected chi connectivity index (χ1v) is 7.51. The number of fused-ring (bicyclic) bond motifs is 1. The van der Waals surface area contributed by atoms with Gasteiger partial charge >= 0.3 is 11.7 Å². The van der Waals surface area contributed by atoms with Crippen LogP contribution in [0.1, 0.15) is 27.6 Å². The molecule has 1 aliphatic heterocycles. The number of hydrogen-bond donors (Lipinski definition) is 2. The van der Waals surface area contributed by atoms with Gasteiger partial charge in [0.15, 0.2) is 6.10 Å². The Hall–Kier alpha value is -3.61. The normalized spacial score (nSPS) is 15.7. The third-order valence-electron chi connectivity index (χ3n) is 4.09. The van der Waals surface area contributed by atoms with E-state index in [0.29, 0.717) is 16.8 Å². The number of carbonyl (C=O) groups excluding carboxylic acids is 1. The molecule has 0 amide bonds. The Bertz CT molecular complexity index is 1100. The van der Waals surface area contributed by atoms with E-state index in [4.69, 9.17) is 4.74 Å². The fraction of sp³-hybridized carbons (Fsp3) is 0.0556. The second kappa shape index (κ2) is 5.48. The second-order valence-electron chi connectivity index (χ2n) is 5.54. The minimum absolute atomic E-state index is 0.193. The predicted octanol–water partition coefficient (Wildman–Crippen LogP) is 1.49. The van der Waals surface area contributed by atoms with Gasteiger partial charge in [0.05, 0.1) is 11.3 Å². The summed E-state index contributed by atoms with van der Waals surface area (Å²) >= 11 is 0. The summed E-state index contributed by atoms with van der Waals surface area (Å²) in [5, 5.41) is 10.6. The molecule has 4 rings (SSSR count). The molecule has 0 fully saturated rings. The van der Waals surface area contributed by atoms with Crippen LogP contribution in [0, 0.1) is 0 Å². The molecule has 7 heteroatoms. The Morgan fingerprint density at radius 1 is 0.960 bits per heavy atom. The number of hydrogen-bond acceptors (Lipinski definition) is 5. The van der Waals surface area contributed by atoms with Crippen LogP contribution in [0.2, 0.25) is 0 Å². The zero-order valence-electron chi connectivity index (χ0n) is 12.8. The Kier molecular flexibility index (Phi) is 3.28. The molecule has 0 saturated heterocycles. The van der Waals surface area contributed by atoms with E-state index in [0.717, 1.165) is 4.57 Å². The number of aromatic amines is 1. The summed E-state index contributed by atoms with van der Waals surface area (Å²) < 4.78 is 6.24. The third kappa shape index (κ3) is 2.25. The van der Waals surface area contributed by atoms with E-state index in [1.165, 1.54) is 0 Å². The molecular formula is C18H12N2O5. The highest BCUT2D eigenvalue weighted by atomic mass is 16.5. The molecule has 0 saturated carbocycles. The van der Waals surface area contributed by atoms with Crippen molar-refractivity contribution in [1.29, 1.82) is 0 Å². The molecule has 2 heterocycles. The quantitative estimate of drug-likeness (QED) is 0.691. The van der Waals surface area contributed by atoms with Crippen molar-refractivity contribution in [2.24, 2.45) is 0 Å². The van der Waals surface area contributed by atoms with E-state index >= 15 is 0 Å². The lowest BCUT2D eigenvalue weighted by molar-refractivity contribution is 0.0449. The molecule has 3 aromatic rings. The van der Waals surface area contributed by atoms with E-state index in [2.05, 4.69) is 4.98 Å². The molecule has 0 radical (unpaired) electrons. The lowest BCUT2D eigenvalue weighted by atomic mass is 10.0. The molecule has 2 aromatic carbocycles. The zero-order valence-corrected chi connectivity index (χ0v) is 12.8. The number of benzene rings is 2. The van der Waals surface area contributed by atoms with Crippen LogP contribution in [-0.2, 0) is 4.74 Å². The smallest absolute Gasteiger partial charge is 0.339 e. The minimum Gasteiger partial charge on any atom is -0.494 e. The first-order chi connectivity index (χ1) is 12.1. The number of H-pyrrole nitrogens is 1. The van der Waals surface area contributed by atoms with Gasteiger partial charge in [-0.15, -0.1) is 0 Å². The topological polar surface area (TPSA) is 101 Å². The minimum atomic E-state index is -1.08. The Morgan fingerprint density at radius 3 is 2.40 bits per heavy atom. The molecule has 0 aliphatic carbocycles. The summed E-state index contributed by atoms with van der Waals surface area (Å²) in [6.45, 7) is 0. The molecule has 25 heavy (non-hydrogen) atoms. The number of aromatic nitrogens is 2. The van der Waals surface area contributed by atoms with Gasteiger partial charge < -0.3 is 9.84 Å². The van der Waals surface area contributed by atoms with Crippen molar-refractivity contribution in [1.82, 2.24) is 9.55 Å². The molecule has 0 bridgehead atoms. The first kappa shape index (κ1) is 14.9. The van der Waals surface area contributed by atoms with Crippen molar-refractivity contribution in [3.8, 4) is 11.6 Å². The average Bonchev–Trinajstić information content (AvgIpc) is 2.93. The van der Waals surface area contributed by atoms with Gasteiger partial charge in [0.25, 0.3) is 5.56 Å². The number of ether oxygens (including phenoxy) is 1. The number of carbonyl (C=O) groups is 1. The standard InChI is InChI=1S/C18H12N2O5/c21-15-13(14-11-8-4-5-9-12(11)17(23)25-14)16(22)20(18(24)19-15)10-6-2-1-3-7-10/h1-9,14,22H,(H,19,21,24)/t14-/m0/s1. The van der Waals surface area contributed by atoms with E-state index < -0.39 is 29.2 Å². The maximum Gasteiger partial charge on any atom is 0.339 e. The van der Waals surface area contributed by atoms with Gasteiger partial charge in [-0.1, -0.05) is 36.4 Å². The molecular weight excluding hydrogens is 324 g/mol. The summed E-state index contributed by atoms with van der Waals surface area (Å²) in [6.07, 6.45) is -1.08. The van der Waals surface area contributed by atoms with E-state index in [1.807, 2.05) is 0 Å². The van der Waals surface area contributed by atoms with Gasteiger partial charge in [-0.25, -0.2) is 14.2 Å². The van der Waals surface area contributed by atoms with Crippen molar-refractivity contribution >= 4 is 5.97 Å². The van der Waals surface area contributed by atoms with Crippen molar-refractivity contribution < 1.29 is 14.6 Å². The number of rotatable bonds is 2. The van der Waals surface area contributed by atoms with Crippen LogP contribution in [0.3, 0.4) is 0 Å². The van der Waals surface area contributed by atoms with Crippen LogP contribution in [0.4, 0.5) is 0 Å². The summed E-state index contributed by atoms with van der Waals surface area (Å²) in [5.41, 5.74) is -0.614. The monoisotopic (exact) mass is 336 g/mol. The van der Waals surface area contributed by atoms with Gasteiger partial charge in [-0.3, -0.25) is 9.78 Å². The SMILES string of the molecule is O=C1O[C@H](c2c(O)n(-c3ccccc3)c(=O)[nH]c2=O)c2ccccc21. The number of para-hydroxylation sites is 1. The lowest BCUT2D eigenvalue weighted by Crippen LogP contribution is -2.32. The Labute approximate surface area is 140 Å². The van der Waals surface area contributed by atoms with Gasteiger partial charge in [-0.2, -0.15) is 0 Å². The van der Waals surface area contributed by atoms with Crippen LogP contribution >= 0.6 is 0 Å². The molecule has 2 N–H and O–H groups in total. The molecule has 124 valence electrons. The van der Waals surface area contributed by atoms with Crippen LogP contribution in [0.15, 0.2) is 64.2 Å². The second-order valence-corrected chi connectivity index (χ2v) is 5.54. The predicted molar refractivity (Wildman–Crippen MR) is 88.0 cm³/mol. The molecule has 0 unspecified atom stereocenters. The zero-order chi connectivity index (χ0) is 17.6. The van der Waals surface area contributed by atoms with E-state index in [9.17, 15) is 19.5 Å². The van der Waals surface area contributed by atoms with E-state index in [1.54, 1.807) is 54.6 Å². The molecule has 1 aliphatic rings. The Morgan fingerprint density at radius 2 is 1.64 bits per heavy atom. The average molecular weight is 336 g/mol. The number of esters is 1. The van der Waals surface area contributed by atoms with Gasteiger partial charge in [0.1, 0.15) is 5.56 Å². The molecule has 1 atom stereocenters. The van der Waals surface area contributed by atoms with Gasteiger partial charge in [0, 0.05) is 5.56 Å². The van der Waals surface area contributed by atoms with Crippen LogP contribution in [-0.4, -0.2) is 20.6 Å². The summed E-state index contributed by atoms with van der Waals surface area (Å²) in [7, 11) is 0. The third-order valence-corrected chi connectivity index (χ3v) is 4.09. The van der Waals surface area contributed by atoms with Gasteiger partial charge in [0.2, 0.25) is 5.88 Å². The van der Waals surface area contributed by atoms with Crippen molar-refractivity contribution in [2.75, 3.05) is 0 Å². The number of nitrogens with zero attached hydrogens (tertiary/aromatic N) is 1. The van der Waals surface area contributed by atoms with Crippen LogP contribution in [0.25, 0.3) is 5.69 Å². The lowest BCUT2D eigenvalue weighted by Gasteiger charge is -2.15. The maximum absolute atomic E-state index is 12.3. The fourth-order valence-electron chi connectivity index (χ4n) is 2.95. The molecule has 1 aromatic heterocycles. The summed E-state index contributed by atoms with van der Waals surface area (Å²) in [6, 6.07) is 15.0. The van der Waals surface area contributed by atoms with Gasteiger partial charge in [-0.05, 0) is 18.2 Å². The largest absolute Gasteiger partial charge is 0.494 e. The van der Waals surface area contributed by atoms with Crippen molar-refractivity contribution in [3.05, 3.63) is 92.1 Å². The van der Waals surface area contributed by atoms with Crippen LogP contribution < -0.4 is 11.2 Å². The highest BCUT2D eigenvalue weighted by Gasteiger charge is 2.36. The first-order valence-electron chi connectivity index (χ1n) is 7.51. The number of nitrogens with one attached hydrogen (secondary N) is 1. The van der Waals surface area contributed by atoms with Crippen LogP contribution in [0.5, 0.6) is 5.88 Å². The fourth-order valence-corrected chi connectivity index (χ4v) is 2.95. The maximum atomic E-state index is 12.3. The Balaban J connectivity index is 1.98. The van der Waals surface area contributed by atoms with E-state index in [-0.39, 0.29) is 5.56 Å². The number of aromatic hydroxyl groups is 1. The molecule has 7 nitrogen and oxygen atoms in total.